The average Bonchev–Trinajstić information content (AvgIpc) is 2.85. The lowest BCUT2D eigenvalue weighted by molar-refractivity contribution is -0.117. The minimum atomic E-state index is -0.184. The van der Waals surface area contributed by atoms with Gasteiger partial charge in [-0.1, -0.05) is 23.8 Å². The number of carbonyl (C=O) groups excluding carboxylic acids is 2. The molecule has 1 aromatic rings. The summed E-state index contributed by atoms with van der Waals surface area (Å²) in [4.78, 5) is 22.9. The highest BCUT2D eigenvalue weighted by molar-refractivity contribution is 6.34. The number of carbonyl (C=O) groups is 2. The van der Waals surface area contributed by atoms with Crippen molar-refractivity contribution in [2.75, 3.05) is 10.6 Å². The van der Waals surface area contributed by atoms with Crippen LogP contribution in [-0.2, 0) is 9.59 Å². The van der Waals surface area contributed by atoms with E-state index in [2.05, 4.69) is 22.8 Å². The van der Waals surface area contributed by atoms with Crippen LogP contribution in [-0.4, -0.2) is 11.8 Å². The van der Waals surface area contributed by atoms with Crippen molar-refractivity contribution in [1.82, 2.24) is 0 Å². The van der Waals surface area contributed by atoms with Crippen LogP contribution in [0.1, 0.15) is 26.2 Å². The number of halogens is 1. The Hall–Kier alpha value is -1.81. The average molecular weight is 293 g/mol. The molecule has 0 unspecified atom stereocenters. The van der Waals surface area contributed by atoms with Crippen molar-refractivity contribution in [3.8, 4) is 0 Å². The maximum Gasteiger partial charge on any atom is 0.224 e. The molecule has 1 aromatic carbocycles. The fourth-order valence-corrected chi connectivity index (χ4v) is 2.43. The predicted molar refractivity (Wildman–Crippen MR) is 80.9 cm³/mol. The summed E-state index contributed by atoms with van der Waals surface area (Å²) >= 11 is 6.05. The van der Waals surface area contributed by atoms with E-state index in [0.717, 1.165) is 12.8 Å². The zero-order valence-corrected chi connectivity index (χ0v) is 12.0. The Kier molecular flexibility index (Phi) is 4.79. The van der Waals surface area contributed by atoms with E-state index in [0.29, 0.717) is 28.7 Å². The van der Waals surface area contributed by atoms with Crippen LogP contribution in [0.4, 0.5) is 11.4 Å². The normalized spacial score (nSPS) is 17.0. The van der Waals surface area contributed by atoms with Gasteiger partial charge in [-0.25, -0.2) is 0 Å². The van der Waals surface area contributed by atoms with Crippen LogP contribution in [0.3, 0.4) is 0 Å². The van der Waals surface area contributed by atoms with Gasteiger partial charge >= 0.3 is 0 Å². The molecule has 2 rings (SSSR count). The van der Waals surface area contributed by atoms with Gasteiger partial charge < -0.3 is 10.6 Å². The van der Waals surface area contributed by atoms with Gasteiger partial charge in [-0.15, -0.1) is 0 Å². The molecule has 0 radical (unpaired) electrons. The van der Waals surface area contributed by atoms with Gasteiger partial charge in [0, 0.05) is 19.0 Å². The molecule has 20 heavy (non-hydrogen) atoms. The van der Waals surface area contributed by atoms with Gasteiger partial charge in [0.05, 0.1) is 10.7 Å². The molecule has 1 aliphatic rings. The minimum Gasteiger partial charge on any atom is -0.326 e. The SMILES string of the molecule is CC(=O)Nc1ccc(NC(=O)C[C@H]2C=CCC2)cc1Cl. The predicted octanol–water partition coefficient (Wildman–Crippen LogP) is 3.59. The van der Waals surface area contributed by atoms with Gasteiger partial charge in [-0.3, -0.25) is 9.59 Å². The van der Waals surface area contributed by atoms with Crippen molar-refractivity contribution in [3.63, 3.8) is 0 Å². The van der Waals surface area contributed by atoms with E-state index in [1.54, 1.807) is 18.2 Å². The molecule has 0 aromatic heterocycles. The first-order chi connectivity index (χ1) is 9.54. The molecular weight excluding hydrogens is 276 g/mol. The molecule has 1 atom stereocenters. The van der Waals surface area contributed by atoms with E-state index in [4.69, 9.17) is 11.6 Å². The van der Waals surface area contributed by atoms with Crippen LogP contribution in [0.5, 0.6) is 0 Å². The third-order valence-corrected chi connectivity index (χ3v) is 3.44. The first-order valence-corrected chi connectivity index (χ1v) is 6.96. The van der Waals surface area contributed by atoms with Gasteiger partial charge in [0.2, 0.25) is 11.8 Å². The number of anilines is 2. The molecule has 0 bridgehead atoms. The summed E-state index contributed by atoms with van der Waals surface area (Å²) in [6.07, 6.45) is 6.77. The summed E-state index contributed by atoms with van der Waals surface area (Å²) in [5, 5.41) is 5.84. The lowest BCUT2D eigenvalue weighted by atomic mass is 10.1. The Labute approximate surface area is 123 Å². The number of amides is 2. The molecule has 0 saturated heterocycles. The lowest BCUT2D eigenvalue weighted by Gasteiger charge is -2.11. The van der Waals surface area contributed by atoms with Crippen LogP contribution >= 0.6 is 11.6 Å². The van der Waals surface area contributed by atoms with Crippen LogP contribution in [0.15, 0.2) is 30.4 Å². The molecule has 0 heterocycles. The Morgan fingerprint density at radius 2 is 2.15 bits per heavy atom. The smallest absolute Gasteiger partial charge is 0.224 e. The minimum absolute atomic E-state index is 0.0232. The van der Waals surface area contributed by atoms with Gasteiger partial charge in [0.15, 0.2) is 0 Å². The molecule has 2 N–H and O–H groups in total. The van der Waals surface area contributed by atoms with Crippen molar-refractivity contribution < 1.29 is 9.59 Å². The topological polar surface area (TPSA) is 58.2 Å². The molecule has 2 amide bonds. The van der Waals surface area contributed by atoms with E-state index in [1.807, 2.05) is 0 Å². The van der Waals surface area contributed by atoms with Crippen LogP contribution in [0, 0.1) is 5.92 Å². The van der Waals surface area contributed by atoms with Gasteiger partial charge in [0.25, 0.3) is 0 Å². The maximum absolute atomic E-state index is 11.9. The summed E-state index contributed by atoms with van der Waals surface area (Å²) in [5.74, 6) is 0.130. The zero-order chi connectivity index (χ0) is 14.5. The molecule has 0 fully saturated rings. The monoisotopic (exact) mass is 292 g/mol. The van der Waals surface area contributed by atoms with Crippen molar-refractivity contribution >= 4 is 34.8 Å². The molecule has 0 aliphatic heterocycles. The highest BCUT2D eigenvalue weighted by Gasteiger charge is 2.14. The van der Waals surface area contributed by atoms with Crippen molar-refractivity contribution in [2.24, 2.45) is 5.92 Å². The number of nitrogens with one attached hydrogen (secondary N) is 2. The molecular formula is C15H17ClN2O2. The largest absolute Gasteiger partial charge is 0.326 e. The fourth-order valence-electron chi connectivity index (χ4n) is 2.20. The number of hydrogen-bond acceptors (Lipinski definition) is 2. The van der Waals surface area contributed by atoms with Crippen LogP contribution < -0.4 is 10.6 Å². The highest BCUT2D eigenvalue weighted by atomic mass is 35.5. The number of allylic oxidation sites excluding steroid dienone is 2. The summed E-state index contributed by atoms with van der Waals surface area (Å²) in [6.45, 7) is 1.42. The highest BCUT2D eigenvalue weighted by Crippen LogP contribution is 2.26. The van der Waals surface area contributed by atoms with Gasteiger partial charge in [0.1, 0.15) is 0 Å². The number of hydrogen-bond donors (Lipinski definition) is 2. The molecule has 0 spiro atoms. The Balaban J connectivity index is 1.95. The lowest BCUT2D eigenvalue weighted by Crippen LogP contribution is -2.15. The summed E-state index contributed by atoms with van der Waals surface area (Å²) < 4.78 is 0. The van der Waals surface area contributed by atoms with Crippen molar-refractivity contribution in [3.05, 3.63) is 35.4 Å². The first kappa shape index (κ1) is 14.6. The van der Waals surface area contributed by atoms with E-state index in [9.17, 15) is 9.59 Å². The third kappa shape index (κ3) is 4.10. The Bertz CT molecular complexity index is 555. The number of benzene rings is 1. The van der Waals surface area contributed by atoms with Crippen molar-refractivity contribution in [2.45, 2.75) is 26.2 Å². The third-order valence-electron chi connectivity index (χ3n) is 3.12. The van der Waals surface area contributed by atoms with E-state index >= 15 is 0 Å². The first-order valence-electron chi connectivity index (χ1n) is 6.58. The van der Waals surface area contributed by atoms with Gasteiger partial charge in [-0.2, -0.15) is 0 Å². The molecule has 1 aliphatic carbocycles. The standard InChI is InChI=1S/C15H17ClN2O2/c1-10(19)17-14-7-6-12(9-13(14)16)18-15(20)8-11-4-2-3-5-11/h2,4,6-7,9,11H,3,5,8H2,1H3,(H,17,19)(H,18,20)/t11-/m0/s1. The van der Waals surface area contributed by atoms with Crippen LogP contribution in [0.25, 0.3) is 0 Å². The quantitative estimate of drug-likeness (QED) is 0.833. The molecule has 5 heteroatoms. The zero-order valence-electron chi connectivity index (χ0n) is 11.3. The number of rotatable bonds is 4. The molecule has 106 valence electrons. The van der Waals surface area contributed by atoms with Crippen LogP contribution in [0.2, 0.25) is 5.02 Å². The second kappa shape index (κ2) is 6.57. The molecule has 0 saturated carbocycles. The summed E-state index contributed by atoms with van der Waals surface area (Å²) in [6, 6.07) is 5.03. The summed E-state index contributed by atoms with van der Waals surface area (Å²) in [5.41, 5.74) is 1.17. The molecule has 4 nitrogen and oxygen atoms in total. The fraction of sp³-hybridized carbons (Fsp3) is 0.333. The Morgan fingerprint density at radius 1 is 1.35 bits per heavy atom. The van der Waals surface area contributed by atoms with Crippen molar-refractivity contribution in [1.29, 1.82) is 0 Å². The van der Waals surface area contributed by atoms with E-state index in [1.165, 1.54) is 6.92 Å². The Morgan fingerprint density at radius 3 is 2.75 bits per heavy atom. The van der Waals surface area contributed by atoms with E-state index < -0.39 is 0 Å². The summed E-state index contributed by atoms with van der Waals surface area (Å²) in [7, 11) is 0. The van der Waals surface area contributed by atoms with E-state index in [-0.39, 0.29) is 11.8 Å². The second-order valence-electron chi connectivity index (χ2n) is 4.89. The second-order valence-corrected chi connectivity index (χ2v) is 5.30. The maximum atomic E-state index is 11.9. The van der Waals surface area contributed by atoms with Gasteiger partial charge in [-0.05, 0) is 37.0 Å².